The van der Waals surface area contributed by atoms with E-state index >= 15 is 0 Å². The molecule has 1 aliphatic heterocycles. The van der Waals surface area contributed by atoms with E-state index in [2.05, 4.69) is 16.7 Å². The minimum Gasteiger partial charge on any atom is -0.542 e. The number of carboxylic acid groups (broad SMARTS) is 1. The van der Waals surface area contributed by atoms with Crippen LogP contribution >= 0.6 is 0 Å². The Bertz CT molecular complexity index is 378. The molecule has 0 radical (unpaired) electrons. The summed E-state index contributed by atoms with van der Waals surface area (Å²) in [6.07, 6.45) is 0.588. The van der Waals surface area contributed by atoms with Crippen LogP contribution in [-0.4, -0.2) is 36.5 Å². The van der Waals surface area contributed by atoms with Gasteiger partial charge in [0.2, 0.25) is 0 Å². The van der Waals surface area contributed by atoms with Gasteiger partial charge in [-0.05, 0) is 0 Å². The molecular weight excluding hydrogens is 237 g/mol. The quantitative estimate of drug-likeness (QED) is 0.624. The lowest BCUT2D eigenvalue weighted by molar-refractivity contribution is -0.492. The van der Waals surface area contributed by atoms with Crippen molar-refractivity contribution in [3.8, 4) is 6.07 Å². The van der Waals surface area contributed by atoms with Gasteiger partial charge in [0, 0.05) is 12.0 Å². The largest absolute Gasteiger partial charge is 0.542 e. The summed E-state index contributed by atoms with van der Waals surface area (Å²) in [5.74, 6) is -3.01. The summed E-state index contributed by atoms with van der Waals surface area (Å²) in [4.78, 5) is 8.78. The Morgan fingerprint density at radius 2 is 2.18 bits per heavy atom. The maximum atomic E-state index is 10.5. The standard InChI is InChI=1S/C8H11N2.C2HF3O2/c1-10-6-2-3-8(7-10)4-5-9;3-2(4,5)1(6)7/h3,7H,2,4,6H2,1H3;(H,6,7)/q+1;/p-1. The maximum Gasteiger partial charge on any atom is 0.430 e. The zero-order valence-corrected chi connectivity index (χ0v) is 9.12. The molecule has 94 valence electrons. The molecule has 1 heterocycles. The highest BCUT2D eigenvalue weighted by Crippen LogP contribution is 2.11. The van der Waals surface area contributed by atoms with Gasteiger partial charge in [0.05, 0.1) is 12.5 Å². The summed E-state index contributed by atoms with van der Waals surface area (Å²) in [5.41, 5.74) is 1.15. The van der Waals surface area contributed by atoms with E-state index in [4.69, 9.17) is 15.2 Å². The molecule has 0 unspecified atom stereocenters. The van der Waals surface area contributed by atoms with Crippen molar-refractivity contribution in [3.05, 3.63) is 11.6 Å². The van der Waals surface area contributed by atoms with Gasteiger partial charge in [0.25, 0.3) is 0 Å². The van der Waals surface area contributed by atoms with E-state index in [1.807, 2.05) is 13.3 Å². The molecule has 0 saturated carbocycles. The van der Waals surface area contributed by atoms with Crippen LogP contribution in [0.3, 0.4) is 0 Å². The van der Waals surface area contributed by atoms with Crippen LogP contribution in [0.25, 0.3) is 0 Å². The van der Waals surface area contributed by atoms with Crippen molar-refractivity contribution in [1.29, 1.82) is 5.26 Å². The predicted molar refractivity (Wildman–Crippen MR) is 51.1 cm³/mol. The molecule has 0 fully saturated rings. The van der Waals surface area contributed by atoms with Crippen LogP contribution in [-0.2, 0) is 4.79 Å². The van der Waals surface area contributed by atoms with Crippen molar-refractivity contribution in [3.63, 3.8) is 0 Å². The van der Waals surface area contributed by atoms with Gasteiger partial charge >= 0.3 is 6.18 Å². The molecule has 0 aromatic carbocycles. The molecule has 1 rings (SSSR count). The average Bonchev–Trinajstić information content (AvgIpc) is 2.17. The number of carbonyl (C=O) groups excluding carboxylic acids is 1. The molecule has 0 saturated heterocycles. The number of nitrogens with zero attached hydrogens (tertiary/aromatic N) is 2. The van der Waals surface area contributed by atoms with Crippen molar-refractivity contribution in [2.24, 2.45) is 0 Å². The number of hydrogen-bond acceptors (Lipinski definition) is 3. The molecule has 0 aromatic rings. The third-order valence-corrected chi connectivity index (χ3v) is 1.79. The fourth-order valence-corrected chi connectivity index (χ4v) is 1.06. The molecule has 0 amide bonds. The first kappa shape index (κ1) is 15.2. The second-order valence-electron chi connectivity index (χ2n) is 3.30. The van der Waals surface area contributed by atoms with Gasteiger partial charge in [-0.2, -0.15) is 18.4 Å². The van der Waals surface area contributed by atoms with E-state index < -0.39 is 12.1 Å². The highest BCUT2D eigenvalue weighted by atomic mass is 19.4. The predicted octanol–water partition coefficient (Wildman–Crippen LogP) is 0.242. The van der Waals surface area contributed by atoms with Gasteiger partial charge in [-0.3, -0.25) is 0 Å². The Hall–Kier alpha value is -1.84. The number of nitriles is 1. The maximum absolute atomic E-state index is 10.5. The Kier molecular flexibility index (Phi) is 5.96. The summed E-state index contributed by atoms with van der Waals surface area (Å²) < 4.78 is 33.7. The minimum absolute atomic E-state index is 0.546. The highest BCUT2D eigenvalue weighted by Gasteiger charge is 2.28. The molecule has 0 aromatic heterocycles. The summed E-state index contributed by atoms with van der Waals surface area (Å²) in [6.45, 7) is 1.08. The summed E-state index contributed by atoms with van der Waals surface area (Å²) >= 11 is 0. The van der Waals surface area contributed by atoms with Crippen LogP contribution in [0.4, 0.5) is 13.2 Å². The van der Waals surface area contributed by atoms with Crippen LogP contribution in [0, 0.1) is 11.3 Å². The van der Waals surface area contributed by atoms with Crippen molar-refractivity contribution < 1.29 is 27.6 Å². The lowest BCUT2D eigenvalue weighted by Crippen LogP contribution is -2.37. The number of allylic oxidation sites excluding steroid dienone is 1. The molecule has 0 atom stereocenters. The molecule has 0 N–H and O–H groups in total. The average molecular weight is 248 g/mol. The smallest absolute Gasteiger partial charge is 0.430 e. The molecule has 17 heavy (non-hydrogen) atoms. The summed E-state index contributed by atoms with van der Waals surface area (Å²) in [6, 6.07) is 2.13. The van der Waals surface area contributed by atoms with Gasteiger partial charge < -0.3 is 9.90 Å². The fourth-order valence-electron chi connectivity index (χ4n) is 1.06. The highest BCUT2D eigenvalue weighted by molar-refractivity contribution is 5.75. The van der Waals surface area contributed by atoms with E-state index in [-0.39, 0.29) is 0 Å². The first-order valence-electron chi connectivity index (χ1n) is 4.66. The molecule has 0 aliphatic carbocycles. The van der Waals surface area contributed by atoms with Crippen molar-refractivity contribution >= 4 is 12.2 Å². The van der Waals surface area contributed by atoms with Crippen molar-refractivity contribution in [2.75, 3.05) is 13.6 Å². The Morgan fingerprint density at radius 3 is 2.53 bits per heavy atom. The Morgan fingerprint density at radius 1 is 1.65 bits per heavy atom. The molecule has 4 nitrogen and oxygen atoms in total. The number of carbonyl (C=O) groups is 1. The Balaban J connectivity index is 0.000000325. The molecule has 1 aliphatic rings. The van der Waals surface area contributed by atoms with Crippen molar-refractivity contribution in [1.82, 2.24) is 0 Å². The SMILES string of the molecule is C[N+]1=CC(CC#N)=CCC1.O=C([O-])C(F)(F)F. The van der Waals surface area contributed by atoms with Crippen molar-refractivity contribution in [2.45, 2.75) is 19.0 Å². The van der Waals surface area contributed by atoms with Gasteiger partial charge in [-0.15, -0.1) is 0 Å². The number of aliphatic carboxylic acids is 1. The first-order valence-corrected chi connectivity index (χ1v) is 4.66. The Labute approximate surface area is 96.3 Å². The van der Waals surface area contributed by atoms with E-state index in [0.29, 0.717) is 6.42 Å². The zero-order valence-electron chi connectivity index (χ0n) is 9.12. The number of carboxylic acids is 1. The number of alkyl halides is 3. The molecule has 0 spiro atoms. The van der Waals surface area contributed by atoms with E-state index in [0.717, 1.165) is 18.5 Å². The van der Waals surface area contributed by atoms with Gasteiger partial charge in [-0.1, -0.05) is 6.08 Å². The van der Waals surface area contributed by atoms with Gasteiger partial charge in [0.15, 0.2) is 6.21 Å². The fraction of sp³-hybridized carbons (Fsp3) is 0.500. The number of hydrogen-bond donors (Lipinski definition) is 0. The second-order valence-corrected chi connectivity index (χ2v) is 3.30. The number of rotatable bonds is 1. The molecule has 0 bridgehead atoms. The lowest BCUT2D eigenvalue weighted by atomic mass is 10.1. The minimum atomic E-state index is -5.19. The lowest BCUT2D eigenvalue weighted by Gasteiger charge is -2.03. The third kappa shape index (κ3) is 7.11. The molecular formula is C10H11F3N2O2. The number of halogens is 3. The van der Waals surface area contributed by atoms with E-state index in [1.54, 1.807) is 0 Å². The van der Waals surface area contributed by atoms with Crippen LogP contribution < -0.4 is 5.11 Å². The van der Waals surface area contributed by atoms with Gasteiger partial charge in [0.1, 0.15) is 19.6 Å². The second kappa shape index (κ2) is 6.68. The van der Waals surface area contributed by atoms with Gasteiger partial charge in [-0.25, -0.2) is 4.58 Å². The van der Waals surface area contributed by atoms with E-state index in [1.165, 1.54) is 0 Å². The van der Waals surface area contributed by atoms with Crippen LogP contribution in [0.1, 0.15) is 12.8 Å². The zero-order chi connectivity index (χ0) is 13.5. The van der Waals surface area contributed by atoms with Crippen LogP contribution in [0.5, 0.6) is 0 Å². The van der Waals surface area contributed by atoms with Crippen LogP contribution in [0.15, 0.2) is 11.6 Å². The molecule has 7 heteroatoms. The summed E-state index contributed by atoms with van der Waals surface area (Å²) in [7, 11) is 2.03. The summed E-state index contributed by atoms with van der Waals surface area (Å²) in [5, 5.41) is 17.2. The first-order chi connectivity index (χ1) is 7.77. The monoisotopic (exact) mass is 248 g/mol. The topological polar surface area (TPSA) is 66.9 Å². The third-order valence-electron chi connectivity index (χ3n) is 1.79. The normalized spacial score (nSPS) is 14.8. The van der Waals surface area contributed by atoms with E-state index in [9.17, 15) is 13.2 Å². The van der Waals surface area contributed by atoms with Crippen LogP contribution in [0.2, 0.25) is 0 Å².